The fourth-order valence-electron chi connectivity index (χ4n) is 4.42. The third-order valence-electron chi connectivity index (χ3n) is 6.31. The van der Waals surface area contributed by atoms with Crippen molar-refractivity contribution in [1.29, 1.82) is 0 Å². The molecule has 4 rings (SSSR count). The summed E-state index contributed by atoms with van der Waals surface area (Å²) < 4.78 is 6.09. The van der Waals surface area contributed by atoms with E-state index in [2.05, 4.69) is 22.9 Å². The summed E-state index contributed by atoms with van der Waals surface area (Å²) in [5.41, 5.74) is 1.21. The van der Waals surface area contributed by atoms with Crippen LogP contribution in [-0.4, -0.2) is 59.7 Å². The van der Waals surface area contributed by atoms with Gasteiger partial charge in [0.25, 0.3) is 0 Å². The number of aliphatic hydroxyl groups is 1. The summed E-state index contributed by atoms with van der Waals surface area (Å²) in [5.74, 6) is 1.61. The highest BCUT2D eigenvalue weighted by Crippen LogP contribution is 2.34. The summed E-state index contributed by atoms with van der Waals surface area (Å²) in [6.45, 7) is 6.69. The fourth-order valence-corrected chi connectivity index (χ4v) is 5.35. The number of ether oxygens (including phenoxy) is 1. The highest BCUT2D eigenvalue weighted by molar-refractivity contribution is 7.10. The molecule has 1 aliphatic heterocycles. The minimum Gasteiger partial charge on any atom is -0.491 e. The van der Waals surface area contributed by atoms with Gasteiger partial charge < -0.3 is 14.7 Å². The summed E-state index contributed by atoms with van der Waals surface area (Å²) in [6.07, 6.45) is 6.23. The quantitative estimate of drug-likeness (QED) is 0.486. The van der Waals surface area contributed by atoms with Gasteiger partial charge in [0.1, 0.15) is 12.4 Å². The molecule has 2 aliphatic rings. The largest absolute Gasteiger partial charge is 0.491 e. The highest BCUT2D eigenvalue weighted by Gasteiger charge is 2.34. The summed E-state index contributed by atoms with van der Waals surface area (Å²) in [7, 11) is 0. The first kappa shape index (κ1) is 23.0. The minimum absolute atomic E-state index is 0.0776. The Hall–Kier alpha value is -2.15. The molecule has 32 heavy (non-hydrogen) atoms. The van der Waals surface area contributed by atoms with E-state index >= 15 is 0 Å². The van der Waals surface area contributed by atoms with E-state index in [4.69, 9.17) is 4.74 Å². The van der Waals surface area contributed by atoms with Crippen molar-refractivity contribution in [2.75, 3.05) is 32.8 Å². The van der Waals surface area contributed by atoms with E-state index in [-0.39, 0.29) is 11.9 Å². The molecule has 6 heteroatoms. The van der Waals surface area contributed by atoms with Crippen molar-refractivity contribution in [3.8, 4) is 5.75 Å². The predicted octanol–water partition coefficient (Wildman–Crippen LogP) is 4.29. The molecule has 0 saturated heterocycles. The number of rotatable bonds is 12. The van der Waals surface area contributed by atoms with Gasteiger partial charge >= 0.3 is 0 Å². The molecule has 1 saturated carbocycles. The Balaban J connectivity index is 1.43. The standard InChI is InChI=1S/C26H34N2O3S/c1-2-3-7-21(29)17-27(16-20-10-11-20)18-26(30)28-14-12-25-23(13-15-32-25)24(28)19-31-22-8-5-4-6-9-22/h2,4-6,8-9,13,15,20-21,24,29H,1,3,7,10-12,14,16-19H2/t21-,24-/m1/s1. The van der Waals surface area contributed by atoms with Crippen molar-refractivity contribution in [2.45, 2.75) is 44.2 Å². The van der Waals surface area contributed by atoms with Crippen molar-refractivity contribution in [3.05, 3.63) is 64.9 Å². The lowest BCUT2D eigenvalue weighted by molar-refractivity contribution is -0.136. The zero-order valence-electron chi connectivity index (χ0n) is 18.7. The number of carbonyl (C=O) groups is 1. The molecule has 0 bridgehead atoms. The number of hydrogen-bond donors (Lipinski definition) is 1. The Kier molecular flexibility index (Phi) is 8.00. The zero-order chi connectivity index (χ0) is 22.3. The van der Waals surface area contributed by atoms with E-state index < -0.39 is 6.10 Å². The SMILES string of the molecule is C=CCC[C@@H](O)CN(CC(=O)N1CCc2sccc2[C@H]1COc1ccccc1)CC1CC1. The average Bonchev–Trinajstić information content (AvgIpc) is 3.48. The second-order valence-electron chi connectivity index (χ2n) is 8.93. The minimum atomic E-state index is -0.429. The van der Waals surface area contributed by atoms with Crippen LogP contribution in [0.1, 0.15) is 42.2 Å². The van der Waals surface area contributed by atoms with Crippen molar-refractivity contribution < 1.29 is 14.6 Å². The molecule has 1 amide bonds. The van der Waals surface area contributed by atoms with Crippen LogP contribution in [0.2, 0.25) is 0 Å². The Morgan fingerprint density at radius 3 is 2.88 bits per heavy atom. The number of nitrogens with zero attached hydrogens (tertiary/aromatic N) is 2. The van der Waals surface area contributed by atoms with Crippen LogP contribution in [0.4, 0.5) is 0 Å². The number of aliphatic hydroxyl groups excluding tert-OH is 1. The molecule has 0 spiro atoms. The summed E-state index contributed by atoms with van der Waals surface area (Å²) in [4.78, 5) is 19.0. The van der Waals surface area contributed by atoms with Crippen LogP contribution in [0.15, 0.2) is 54.4 Å². The van der Waals surface area contributed by atoms with Crippen molar-refractivity contribution >= 4 is 17.2 Å². The van der Waals surface area contributed by atoms with Crippen molar-refractivity contribution in [1.82, 2.24) is 9.80 Å². The fraction of sp³-hybridized carbons (Fsp3) is 0.500. The number of fused-ring (bicyclic) bond motifs is 1. The predicted molar refractivity (Wildman–Crippen MR) is 129 cm³/mol. The first-order chi connectivity index (χ1) is 15.6. The molecule has 172 valence electrons. The molecule has 1 N–H and O–H groups in total. The molecule has 0 radical (unpaired) electrons. The second-order valence-corrected chi connectivity index (χ2v) is 9.93. The lowest BCUT2D eigenvalue weighted by atomic mass is 10.0. The molecule has 2 heterocycles. The van der Waals surface area contributed by atoms with Crippen LogP contribution in [0.3, 0.4) is 0 Å². The number of allylic oxidation sites excluding steroid dienone is 1. The third-order valence-corrected chi connectivity index (χ3v) is 7.31. The van der Waals surface area contributed by atoms with Gasteiger partial charge in [0.05, 0.1) is 18.7 Å². The molecule has 5 nitrogen and oxygen atoms in total. The van der Waals surface area contributed by atoms with E-state index in [9.17, 15) is 9.90 Å². The molecular formula is C26H34N2O3S. The topological polar surface area (TPSA) is 53.0 Å². The molecular weight excluding hydrogens is 420 g/mol. The van der Waals surface area contributed by atoms with Crippen LogP contribution >= 0.6 is 11.3 Å². The Labute approximate surface area is 195 Å². The number of carbonyl (C=O) groups excluding carboxylic acids is 1. The van der Waals surface area contributed by atoms with E-state index in [0.717, 1.165) is 25.1 Å². The molecule has 2 aromatic rings. The smallest absolute Gasteiger partial charge is 0.237 e. The Morgan fingerprint density at radius 1 is 1.31 bits per heavy atom. The van der Waals surface area contributed by atoms with Crippen LogP contribution in [-0.2, 0) is 11.2 Å². The van der Waals surface area contributed by atoms with E-state index in [1.54, 1.807) is 11.3 Å². The van der Waals surface area contributed by atoms with Crippen LogP contribution in [0, 0.1) is 5.92 Å². The summed E-state index contributed by atoms with van der Waals surface area (Å²) in [5, 5.41) is 12.6. The normalized spacial score (nSPS) is 18.9. The van der Waals surface area contributed by atoms with Gasteiger partial charge in [-0.2, -0.15) is 0 Å². The number of thiophene rings is 1. The maximum atomic E-state index is 13.5. The number of benzene rings is 1. The van der Waals surface area contributed by atoms with Crippen LogP contribution in [0.5, 0.6) is 5.75 Å². The lowest BCUT2D eigenvalue weighted by Gasteiger charge is -2.37. The molecule has 2 atom stereocenters. The van der Waals surface area contributed by atoms with Crippen LogP contribution in [0.25, 0.3) is 0 Å². The number of hydrogen-bond acceptors (Lipinski definition) is 5. The zero-order valence-corrected chi connectivity index (χ0v) is 19.5. The van der Waals surface area contributed by atoms with E-state index in [1.165, 1.54) is 23.3 Å². The van der Waals surface area contributed by atoms with Crippen molar-refractivity contribution in [3.63, 3.8) is 0 Å². The van der Waals surface area contributed by atoms with Gasteiger partial charge in [-0.05, 0) is 67.2 Å². The number of para-hydroxylation sites is 1. The summed E-state index contributed by atoms with van der Waals surface area (Å²) >= 11 is 1.77. The maximum absolute atomic E-state index is 13.5. The molecule has 1 aliphatic carbocycles. The maximum Gasteiger partial charge on any atom is 0.237 e. The molecule has 0 unspecified atom stereocenters. The van der Waals surface area contributed by atoms with E-state index in [0.29, 0.717) is 38.6 Å². The Bertz CT molecular complexity index is 880. The van der Waals surface area contributed by atoms with Crippen molar-refractivity contribution in [2.24, 2.45) is 5.92 Å². The molecule has 1 fully saturated rings. The van der Waals surface area contributed by atoms with Gasteiger partial charge in [0.2, 0.25) is 5.91 Å². The van der Waals surface area contributed by atoms with Gasteiger partial charge in [-0.25, -0.2) is 0 Å². The second kappa shape index (κ2) is 11.1. The first-order valence-electron chi connectivity index (χ1n) is 11.7. The first-order valence-corrected chi connectivity index (χ1v) is 12.6. The lowest BCUT2D eigenvalue weighted by Crippen LogP contribution is -2.48. The van der Waals surface area contributed by atoms with Gasteiger partial charge in [-0.3, -0.25) is 9.69 Å². The molecule has 1 aromatic heterocycles. The Morgan fingerprint density at radius 2 is 2.12 bits per heavy atom. The van der Waals surface area contributed by atoms with Crippen LogP contribution < -0.4 is 4.74 Å². The van der Waals surface area contributed by atoms with Gasteiger partial charge in [-0.15, -0.1) is 17.9 Å². The summed E-state index contributed by atoms with van der Waals surface area (Å²) in [6, 6.07) is 11.9. The van der Waals surface area contributed by atoms with Gasteiger partial charge in [0.15, 0.2) is 0 Å². The third kappa shape index (κ3) is 6.21. The molecule has 1 aromatic carbocycles. The highest BCUT2D eigenvalue weighted by atomic mass is 32.1. The number of amides is 1. The average molecular weight is 455 g/mol. The van der Waals surface area contributed by atoms with Gasteiger partial charge in [-0.1, -0.05) is 24.3 Å². The van der Waals surface area contributed by atoms with E-state index in [1.807, 2.05) is 41.3 Å². The van der Waals surface area contributed by atoms with Gasteiger partial charge in [0, 0.05) is 24.5 Å². The monoisotopic (exact) mass is 454 g/mol.